The first kappa shape index (κ1) is 19.3. The highest BCUT2D eigenvalue weighted by atomic mass is 79.9. The largest absolute Gasteiger partial charge is 0.492 e. The quantitative estimate of drug-likeness (QED) is 0.519. The van der Waals surface area contributed by atoms with Crippen molar-refractivity contribution in [2.45, 2.75) is 13.3 Å². The molecule has 2 heterocycles. The van der Waals surface area contributed by atoms with Crippen molar-refractivity contribution in [3.05, 3.63) is 57.6 Å². The minimum absolute atomic E-state index is 0.176. The molecule has 0 saturated heterocycles. The van der Waals surface area contributed by atoms with Gasteiger partial charge in [-0.2, -0.15) is 0 Å². The normalized spacial score (nSPS) is 10.6. The zero-order valence-corrected chi connectivity index (χ0v) is 17.0. The summed E-state index contributed by atoms with van der Waals surface area (Å²) in [7, 11) is 0. The summed E-state index contributed by atoms with van der Waals surface area (Å²) >= 11 is 4.62. The van der Waals surface area contributed by atoms with Crippen LogP contribution in [-0.4, -0.2) is 34.2 Å². The number of ether oxygens (including phenoxy) is 1. The van der Waals surface area contributed by atoms with Crippen molar-refractivity contribution in [1.82, 2.24) is 9.97 Å². The number of carbonyl (C=O) groups is 1. The first-order valence-corrected chi connectivity index (χ1v) is 9.98. The number of thiophene rings is 1. The van der Waals surface area contributed by atoms with Crippen LogP contribution in [-0.2, 0) is 6.42 Å². The van der Waals surface area contributed by atoms with Gasteiger partial charge in [-0.3, -0.25) is 0 Å². The second-order valence-corrected chi connectivity index (χ2v) is 7.61. The molecule has 2 aromatic heterocycles. The molecule has 0 unspecified atom stereocenters. The lowest BCUT2D eigenvalue weighted by molar-refractivity contribution is 0.0698. The van der Waals surface area contributed by atoms with Crippen LogP contribution in [0.15, 0.2) is 47.2 Å². The van der Waals surface area contributed by atoms with Crippen molar-refractivity contribution >= 4 is 39.1 Å². The van der Waals surface area contributed by atoms with Gasteiger partial charge in [-0.15, -0.1) is 11.3 Å². The molecular formula is C19H18BrN3O3S. The maximum Gasteiger partial charge on any atom is 0.349 e. The Morgan fingerprint density at radius 3 is 2.89 bits per heavy atom. The number of nitrogens with zero attached hydrogens (tertiary/aromatic N) is 2. The van der Waals surface area contributed by atoms with E-state index in [1.54, 1.807) is 6.07 Å². The van der Waals surface area contributed by atoms with E-state index in [0.29, 0.717) is 23.9 Å². The standard InChI is InChI=1S/C19H18BrN3O3S/c1-2-26-15-10-16(27-18(15)19(24)25)14-9-17(23-11-22-14)21-7-6-12-4-3-5-13(20)8-12/h3-5,8-11H,2,6-7H2,1H3,(H,24,25)(H,21,22,23). The van der Waals surface area contributed by atoms with Crippen molar-refractivity contribution < 1.29 is 14.6 Å². The summed E-state index contributed by atoms with van der Waals surface area (Å²) in [5.41, 5.74) is 1.88. The van der Waals surface area contributed by atoms with Gasteiger partial charge in [0.2, 0.25) is 0 Å². The molecule has 0 atom stereocenters. The average Bonchev–Trinajstić information content (AvgIpc) is 3.07. The number of hydrogen-bond acceptors (Lipinski definition) is 6. The molecule has 6 nitrogen and oxygen atoms in total. The van der Waals surface area contributed by atoms with E-state index in [1.165, 1.54) is 11.9 Å². The number of rotatable bonds is 8. The highest BCUT2D eigenvalue weighted by Gasteiger charge is 2.18. The van der Waals surface area contributed by atoms with Crippen molar-refractivity contribution in [3.8, 4) is 16.3 Å². The molecule has 1 aromatic carbocycles. The Labute approximate surface area is 169 Å². The number of carboxylic acid groups (broad SMARTS) is 1. The summed E-state index contributed by atoms with van der Waals surface area (Å²) in [5, 5.41) is 12.6. The van der Waals surface area contributed by atoms with Gasteiger partial charge in [0.25, 0.3) is 0 Å². The Morgan fingerprint density at radius 2 is 2.15 bits per heavy atom. The van der Waals surface area contributed by atoms with E-state index < -0.39 is 5.97 Å². The third-order valence-electron chi connectivity index (χ3n) is 3.72. The molecule has 0 aliphatic heterocycles. The third kappa shape index (κ3) is 5.05. The monoisotopic (exact) mass is 447 g/mol. The van der Waals surface area contributed by atoms with Crippen LogP contribution in [0, 0.1) is 0 Å². The van der Waals surface area contributed by atoms with Crippen molar-refractivity contribution in [3.63, 3.8) is 0 Å². The van der Waals surface area contributed by atoms with Crippen molar-refractivity contribution in [2.24, 2.45) is 0 Å². The van der Waals surface area contributed by atoms with Crippen LogP contribution in [0.5, 0.6) is 5.75 Å². The number of hydrogen-bond donors (Lipinski definition) is 2. The summed E-state index contributed by atoms with van der Waals surface area (Å²) in [5.74, 6) is 0.0575. The van der Waals surface area contributed by atoms with E-state index in [9.17, 15) is 9.90 Å². The highest BCUT2D eigenvalue weighted by Crippen LogP contribution is 2.36. The van der Waals surface area contributed by atoms with Crippen LogP contribution in [0.1, 0.15) is 22.2 Å². The SMILES string of the molecule is CCOc1cc(-c2cc(NCCc3cccc(Br)c3)ncn2)sc1C(=O)O. The first-order valence-electron chi connectivity index (χ1n) is 8.37. The summed E-state index contributed by atoms with van der Waals surface area (Å²) in [4.78, 5) is 20.8. The summed E-state index contributed by atoms with van der Waals surface area (Å²) in [6, 6.07) is 11.7. The maximum absolute atomic E-state index is 11.4. The van der Waals surface area contributed by atoms with Gasteiger partial charge < -0.3 is 15.2 Å². The lowest BCUT2D eigenvalue weighted by Gasteiger charge is -2.07. The molecule has 27 heavy (non-hydrogen) atoms. The molecule has 8 heteroatoms. The number of aromatic nitrogens is 2. The molecule has 0 amide bonds. The van der Waals surface area contributed by atoms with Crippen molar-refractivity contribution in [1.29, 1.82) is 0 Å². The molecule has 0 aliphatic rings. The molecule has 3 aromatic rings. The summed E-state index contributed by atoms with van der Waals surface area (Å²) in [6.07, 6.45) is 2.33. The van der Waals surface area contributed by atoms with Crippen molar-refractivity contribution in [2.75, 3.05) is 18.5 Å². The predicted octanol–water partition coefficient (Wildman–Crippen LogP) is 4.72. The molecule has 3 rings (SSSR count). The van der Waals surface area contributed by atoms with Crippen LogP contribution in [0.4, 0.5) is 5.82 Å². The van der Waals surface area contributed by atoms with E-state index in [0.717, 1.165) is 33.7 Å². The lowest BCUT2D eigenvalue weighted by atomic mass is 10.1. The van der Waals surface area contributed by atoms with Crippen LogP contribution < -0.4 is 10.1 Å². The summed E-state index contributed by atoms with van der Waals surface area (Å²) < 4.78 is 6.48. The molecule has 2 N–H and O–H groups in total. The Bertz CT molecular complexity index is 945. The van der Waals surface area contributed by atoms with Gasteiger partial charge in [-0.05, 0) is 31.0 Å². The van der Waals surface area contributed by atoms with Crippen LogP contribution in [0.2, 0.25) is 0 Å². The fourth-order valence-electron chi connectivity index (χ4n) is 2.53. The molecule has 0 saturated carbocycles. The van der Waals surface area contributed by atoms with Gasteiger partial charge in [0, 0.05) is 23.2 Å². The van der Waals surface area contributed by atoms with Gasteiger partial charge in [-0.25, -0.2) is 14.8 Å². The van der Waals surface area contributed by atoms with E-state index in [-0.39, 0.29) is 4.88 Å². The van der Waals surface area contributed by atoms with E-state index in [4.69, 9.17) is 4.74 Å². The number of carboxylic acids is 1. The van der Waals surface area contributed by atoms with E-state index in [1.807, 2.05) is 25.1 Å². The molecule has 0 spiro atoms. The number of nitrogens with one attached hydrogen (secondary N) is 1. The molecule has 0 fully saturated rings. The zero-order chi connectivity index (χ0) is 19.2. The van der Waals surface area contributed by atoms with Crippen LogP contribution in [0.25, 0.3) is 10.6 Å². The van der Waals surface area contributed by atoms with Gasteiger partial charge in [-0.1, -0.05) is 28.1 Å². The Morgan fingerprint density at radius 1 is 1.30 bits per heavy atom. The zero-order valence-electron chi connectivity index (χ0n) is 14.6. The summed E-state index contributed by atoms with van der Waals surface area (Å²) in [6.45, 7) is 2.95. The average molecular weight is 448 g/mol. The topological polar surface area (TPSA) is 84.3 Å². The number of benzene rings is 1. The Hall–Kier alpha value is -2.45. The molecule has 140 valence electrons. The minimum atomic E-state index is -1.00. The maximum atomic E-state index is 11.4. The fourth-order valence-corrected chi connectivity index (χ4v) is 3.88. The van der Waals surface area contributed by atoms with E-state index >= 15 is 0 Å². The lowest BCUT2D eigenvalue weighted by Crippen LogP contribution is -2.06. The second kappa shape index (κ2) is 8.96. The van der Waals surface area contributed by atoms with Gasteiger partial charge in [0.05, 0.1) is 17.2 Å². The van der Waals surface area contributed by atoms with Gasteiger partial charge >= 0.3 is 5.97 Å². The molecule has 0 aliphatic carbocycles. The Kier molecular flexibility index (Phi) is 6.41. The molecule has 0 bridgehead atoms. The minimum Gasteiger partial charge on any atom is -0.492 e. The highest BCUT2D eigenvalue weighted by molar-refractivity contribution is 9.10. The number of aromatic carboxylic acids is 1. The van der Waals surface area contributed by atoms with Gasteiger partial charge in [0.15, 0.2) is 4.88 Å². The van der Waals surface area contributed by atoms with Gasteiger partial charge in [0.1, 0.15) is 17.9 Å². The van der Waals surface area contributed by atoms with E-state index in [2.05, 4.69) is 43.3 Å². The van der Waals surface area contributed by atoms with Crippen LogP contribution >= 0.6 is 27.3 Å². The third-order valence-corrected chi connectivity index (χ3v) is 5.34. The molecular weight excluding hydrogens is 430 g/mol. The smallest absolute Gasteiger partial charge is 0.349 e. The predicted molar refractivity (Wildman–Crippen MR) is 110 cm³/mol. The Balaban J connectivity index is 1.72. The number of anilines is 1. The molecule has 0 radical (unpaired) electrons. The fraction of sp³-hybridized carbons (Fsp3) is 0.211. The number of halogens is 1. The second-order valence-electron chi connectivity index (χ2n) is 5.64. The first-order chi connectivity index (χ1) is 13.1. The van der Waals surface area contributed by atoms with Crippen LogP contribution in [0.3, 0.4) is 0 Å².